The summed E-state index contributed by atoms with van der Waals surface area (Å²) in [7, 11) is 0. The van der Waals surface area contributed by atoms with Crippen LogP contribution in [0.1, 0.15) is 47.0 Å². The smallest absolute Gasteiger partial charge is 0.338 e. The van der Waals surface area contributed by atoms with Gasteiger partial charge in [0.05, 0.1) is 29.8 Å². The molecule has 3 aromatic rings. The molecule has 174 valence electrons. The molecule has 0 aromatic heterocycles. The molecule has 0 saturated carbocycles. The lowest BCUT2D eigenvalue weighted by Crippen LogP contribution is -2.37. The van der Waals surface area contributed by atoms with Gasteiger partial charge in [0.2, 0.25) is 0 Å². The first-order chi connectivity index (χ1) is 16.4. The van der Waals surface area contributed by atoms with E-state index in [1.54, 1.807) is 54.6 Å². The van der Waals surface area contributed by atoms with Gasteiger partial charge < -0.3 is 19.8 Å². The highest BCUT2D eigenvalue weighted by Crippen LogP contribution is 2.17. The van der Waals surface area contributed by atoms with E-state index in [2.05, 4.69) is 0 Å². The van der Waals surface area contributed by atoms with E-state index in [9.17, 15) is 24.3 Å². The fourth-order valence-electron chi connectivity index (χ4n) is 3.30. The SMILES string of the molecule is O=C(O)c1ccc(C(=O)OCCN(CCO)C(=O)c2ccccc2C(=O)c2ccccc2)cc1. The van der Waals surface area contributed by atoms with Gasteiger partial charge in [0, 0.05) is 17.7 Å². The second-order valence-electron chi connectivity index (χ2n) is 7.27. The number of hydrogen-bond acceptors (Lipinski definition) is 6. The molecule has 0 bridgehead atoms. The highest BCUT2D eigenvalue weighted by Gasteiger charge is 2.22. The summed E-state index contributed by atoms with van der Waals surface area (Å²) in [6.45, 7) is -0.491. The molecular formula is C26H23NO7. The van der Waals surface area contributed by atoms with Crippen molar-refractivity contribution < 1.29 is 34.1 Å². The van der Waals surface area contributed by atoms with Crippen LogP contribution in [0.5, 0.6) is 0 Å². The van der Waals surface area contributed by atoms with E-state index in [0.717, 1.165) is 0 Å². The molecule has 8 heteroatoms. The van der Waals surface area contributed by atoms with Crippen molar-refractivity contribution in [3.63, 3.8) is 0 Å². The van der Waals surface area contributed by atoms with Gasteiger partial charge in [-0.2, -0.15) is 0 Å². The second-order valence-corrected chi connectivity index (χ2v) is 7.27. The first-order valence-corrected chi connectivity index (χ1v) is 10.5. The number of esters is 1. The number of carboxylic acid groups (broad SMARTS) is 1. The van der Waals surface area contributed by atoms with E-state index < -0.39 is 17.8 Å². The van der Waals surface area contributed by atoms with E-state index in [-0.39, 0.29) is 54.3 Å². The van der Waals surface area contributed by atoms with Crippen molar-refractivity contribution in [3.8, 4) is 0 Å². The van der Waals surface area contributed by atoms with Gasteiger partial charge in [-0.1, -0.05) is 48.5 Å². The average molecular weight is 461 g/mol. The van der Waals surface area contributed by atoms with Crippen LogP contribution in [0.2, 0.25) is 0 Å². The summed E-state index contributed by atoms with van der Waals surface area (Å²) in [5.41, 5.74) is 1.07. The molecule has 0 heterocycles. The lowest BCUT2D eigenvalue weighted by atomic mass is 9.97. The van der Waals surface area contributed by atoms with Gasteiger partial charge in [0.1, 0.15) is 6.61 Å². The fourth-order valence-corrected chi connectivity index (χ4v) is 3.30. The number of amides is 1. The van der Waals surface area contributed by atoms with Crippen molar-refractivity contribution in [1.82, 2.24) is 4.90 Å². The van der Waals surface area contributed by atoms with E-state index in [1.807, 2.05) is 0 Å². The molecule has 0 aliphatic carbocycles. The third kappa shape index (κ3) is 5.93. The van der Waals surface area contributed by atoms with E-state index in [1.165, 1.54) is 29.2 Å². The maximum Gasteiger partial charge on any atom is 0.338 e. The van der Waals surface area contributed by atoms with Crippen molar-refractivity contribution in [2.75, 3.05) is 26.3 Å². The van der Waals surface area contributed by atoms with Crippen LogP contribution in [-0.4, -0.2) is 65.0 Å². The number of benzene rings is 3. The number of nitrogens with zero attached hydrogens (tertiary/aromatic N) is 1. The molecule has 3 aromatic carbocycles. The Bertz CT molecular complexity index is 1170. The van der Waals surface area contributed by atoms with Crippen molar-refractivity contribution in [2.24, 2.45) is 0 Å². The van der Waals surface area contributed by atoms with Crippen LogP contribution in [0.4, 0.5) is 0 Å². The predicted octanol–water partition coefficient (Wildman–Crippen LogP) is 2.91. The number of rotatable bonds is 10. The second kappa shape index (κ2) is 11.5. The number of carbonyl (C=O) groups is 4. The van der Waals surface area contributed by atoms with Gasteiger partial charge in [0.25, 0.3) is 5.91 Å². The number of ether oxygens (including phenoxy) is 1. The third-order valence-corrected chi connectivity index (χ3v) is 5.06. The van der Waals surface area contributed by atoms with Crippen LogP contribution in [-0.2, 0) is 4.74 Å². The first-order valence-electron chi connectivity index (χ1n) is 10.5. The Morgan fingerprint density at radius 2 is 1.29 bits per heavy atom. The Kier molecular flexibility index (Phi) is 8.26. The highest BCUT2D eigenvalue weighted by molar-refractivity contribution is 6.15. The summed E-state index contributed by atoms with van der Waals surface area (Å²) in [5.74, 6) is -2.56. The number of hydrogen-bond donors (Lipinski definition) is 2. The zero-order valence-electron chi connectivity index (χ0n) is 18.2. The van der Waals surface area contributed by atoms with Crippen molar-refractivity contribution in [2.45, 2.75) is 0 Å². The van der Waals surface area contributed by atoms with Gasteiger partial charge in [-0.05, 0) is 30.3 Å². The molecule has 0 aliphatic rings. The topological polar surface area (TPSA) is 121 Å². The number of carboxylic acids is 1. The first kappa shape index (κ1) is 24.3. The average Bonchev–Trinajstić information content (AvgIpc) is 2.87. The standard InChI is InChI=1S/C26H23NO7/c28-16-14-27(15-17-34-26(33)20-12-10-19(11-13-20)25(31)32)24(30)22-9-5-4-8-21(22)23(29)18-6-2-1-3-7-18/h1-13,28H,14-17H2,(H,31,32). The van der Waals surface area contributed by atoms with Crippen LogP contribution >= 0.6 is 0 Å². The maximum atomic E-state index is 13.2. The van der Waals surface area contributed by atoms with Crippen molar-refractivity contribution in [3.05, 3.63) is 107 Å². The normalized spacial score (nSPS) is 10.4. The van der Waals surface area contributed by atoms with Crippen LogP contribution in [0.25, 0.3) is 0 Å². The molecule has 0 fully saturated rings. The van der Waals surface area contributed by atoms with Crippen molar-refractivity contribution >= 4 is 23.6 Å². The van der Waals surface area contributed by atoms with E-state index >= 15 is 0 Å². The molecule has 2 N–H and O–H groups in total. The Balaban J connectivity index is 1.69. The zero-order chi connectivity index (χ0) is 24.5. The number of aliphatic hydroxyl groups excluding tert-OH is 1. The number of aliphatic hydroxyl groups is 1. The summed E-state index contributed by atoms with van der Waals surface area (Å²) >= 11 is 0. The van der Waals surface area contributed by atoms with Gasteiger partial charge >= 0.3 is 11.9 Å². The molecule has 1 amide bonds. The zero-order valence-corrected chi connectivity index (χ0v) is 18.2. The number of ketones is 1. The maximum absolute atomic E-state index is 13.2. The Morgan fingerprint density at radius 1 is 0.706 bits per heavy atom. The van der Waals surface area contributed by atoms with Gasteiger partial charge in [-0.15, -0.1) is 0 Å². The lowest BCUT2D eigenvalue weighted by Gasteiger charge is -2.23. The van der Waals surface area contributed by atoms with E-state index in [0.29, 0.717) is 5.56 Å². The Morgan fingerprint density at radius 3 is 1.91 bits per heavy atom. The van der Waals surface area contributed by atoms with Crippen LogP contribution in [0.15, 0.2) is 78.9 Å². The summed E-state index contributed by atoms with van der Waals surface area (Å²) in [4.78, 5) is 50.6. The van der Waals surface area contributed by atoms with Gasteiger partial charge in [0.15, 0.2) is 5.78 Å². The predicted molar refractivity (Wildman–Crippen MR) is 123 cm³/mol. The van der Waals surface area contributed by atoms with E-state index in [4.69, 9.17) is 9.84 Å². The lowest BCUT2D eigenvalue weighted by molar-refractivity contribution is 0.0422. The Hall–Kier alpha value is -4.30. The molecule has 3 rings (SSSR count). The molecule has 0 aliphatic heterocycles. The third-order valence-electron chi connectivity index (χ3n) is 5.06. The van der Waals surface area contributed by atoms with Crippen LogP contribution in [0.3, 0.4) is 0 Å². The van der Waals surface area contributed by atoms with Crippen LogP contribution < -0.4 is 0 Å². The van der Waals surface area contributed by atoms with Crippen molar-refractivity contribution in [1.29, 1.82) is 0 Å². The molecule has 34 heavy (non-hydrogen) atoms. The minimum absolute atomic E-state index is 0.00773. The number of carbonyl (C=O) groups excluding carboxylic acids is 3. The Labute approximate surface area is 196 Å². The molecule has 0 saturated heterocycles. The minimum Gasteiger partial charge on any atom is -0.478 e. The fraction of sp³-hybridized carbons (Fsp3) is 0.154. The van der Waals surface area contributed by atoms with Crippen LogP contribution in [0, 0.1) is 0 Å². The van der Waals surface area contributed by atoms with Gasteiger partial charge in [-0.25, -0.2) is 9.59 Å². The summed E-state index contributed by atoms with van der Waals surface area (Å²) in [5, 5.41) is 18.4. The number of aromatic carboxylic acids is 1. The minimum atomic E-state index is -1.11. The molecule has 8 nitrogen and oxygen atoms in total. The summed E-state index contributed by atoms with van der Waals surface area (Å²) in [6.07, 6.45) is 0. The molecule has 0 radical (unpaired) electrons. The molecular weight excluding hydrogens is 438 g/mol. The summed E-state index contributed by atoms with van der Waals surface area (Å²) < 4.78 is 5.21. The molecule has 0 unspecified atom stereocenters. The monoisotopic (exact) mass is 461 g/mol. The highest BCUT2D eigenvalue weighted by atomic mass is 16.5. The summed E-state index contributed by atoms with van der Waals surface area (Å²) in [6, 6.07) is 20.3. The quantitative estimate of drug-likeness (QED) is 0.352. The molecule has 0 atom stereocenters. The molecule has 0 spiro atoms. The largest absolute Gasteiger partial charge is 0.478 e. The van der Waals surface area contributed by atoms with Gasteiger partial charge in [-0.3, -0.25) is 9.59 Å².